The molecule has 0 aliphatic heterocycles. The highest BCUT2D eigenvalue weighted by Crippen LogP contribution is 2.21. The number of benzene rings is 1. The first kappa shape index (κ1) is 16.0. The zero-order valence-electron chi connectivity index (χ0n) is 10.9. The maximum absolute atomic E-state index is 13.5. The molecule has 0 saturated heterocycles. The van der Waals surface area contributed by atoms with E-state index in [4.69, 9.17) is 5.73 Å². The summed E-state index contributed by atoms with van der Waals surface area (Å²) >= 11 is 0. The first-order chi connectivity index (χ1) is 8.80. The maximum Gasteiger partial charge on any atom is 0.244 e. The van der Waals surface area contributed by atoms with Gasteiger partial charge in [0.2, 0.25) is 10.0 Å². The van der Waals surface area contributed by atoms with Crippen LogP contribution >= 0.6 is 0 Å². The second-order valence-electron chi connectivity index (χ2n) is 4.37. The summed E-state index contributed by atoms with van der Waals surface area (Å²) in [5.74, 6) is -1.81. The zero-order valence-corrected chi connectivity index (χ0v) is 11.7. The fourth-order valence-corrected chi connectivity index (χ4v) is 3.39. The van der Waals surface area contributed by atoms with Gasteiger partial charge in [-0.05, 0) is 31.0 Å². The van der Waals surface area contributed by atoms with Gasteiger partial charge in [0.25, 0.3) is 0 Å². The molecule has 3 N–H and O–H groups in total. The predicted octanol–water partition coefficient (Wildman–Crippen LogP) is 1.76. The van der Waals surface area contributed by atoms with Gasteiger partial charge < -0.3 is 5.73 Å². The number of hydrogen-bond acceptors (Lipinski definition) is 3. The molecule has 1 rings (SSSR count). The van der Waals surface area contributed by atoms with Gasteiger partial charge in [-0.1, -0.05) is 13.8 Å². The van der Waals surface area contributed by atoms with Crippen LogP contribution in [0.1, 0.15) is 26.7 Å². The van der Waals surface area contributed by atoms with E-state index < -0.39 is 32.1 Å². The molecule has 7 heteroatoms. The first-order valence-corrected chi connectivity index (χ1v) is 7.47. The SMILES string of the molecule is CCC(CC)(CN)NS(=O)(=O)c1cc(F)ccc1F. The van der Waals surface area contributed by atoms with Crippen LogP contribution in [0.15, 0.2) is 23.1 Å². The molecule has 108 valence electrons. The van der Waals surface area contributed by atoms with Crippen LogP contribution in [0, 0.1) is 11.6 Å². The van der Waals surface area contributed by atoms with E-state index in [1.54, 1.807) is 13.8 Å². The summed E-state index contributed by atoms with van der Waals surface area (Å²) in [5, 5.41) is 0. The Kier molecular flexibility index (Phi) is 5.00. The molecule has 19 heavy (non-hydrogen) atoms. The van der Waals surface area contributed by atoms with Crippen molar-refractivity contribution in [3.05, 3.63) is 29.8 Å². The molecule has 0 spiro atoms. The minimum atomic E-state index is -4.15. The molecule has 1 aromatic rings. The lowest BCUT2D eigenvalue weighted by Gasteiger charge is -2.31. The quantitative estimate of drug-likeness (QED) is 0.839. The van der Waals surface area contributed by atoms with Gasteiger partial charge in [0.05, 0.1) is 0 Å². The van der Waals surface area contributed by atoms with E-state index in [1.165, 1.54) is 0 Å². The van der Waals surface area contributed by atoms with Gasteiger partial charge in [-0.2, -0.15) is 0 Å². The fourth-order valence-electron chi connectivity index (χ4n) is 1.75. The van der Waals surface area contributed by atoms with Crippen molar-refractivity contribution >= 4 is 10.0 Å². The van der Waals surface area contributed by atoms with E-state index in [1.807, 2.05) is 0 Å². The molecule has 0 bridgehead atoms. The summed E-state index contributed by atoms with van der Waals surface area (Å²) in [4.78, 5) is -0.702. The van der Waals surface area contributed by atoms with Crippen molar-refractivity contribution in [2.75, 3.05) is 6.54 Å². The second kappa shape index (κ2) is 5.94. The topological polar surface area (TPSA) is 72.2 Å². The molecule has 0 radical (unpaired) electrons. The molecular formula is C12H18F2N2O2S. The van der Waals surface area contributed by atoms with Gasteiger partial charge in [-0.15, -0.1) is 0 Å². The molecule has 0 atom stereocenters. The Hall–Kier alpha value is -1.05. The van der Waals surface area contributed by atoms with Crippen LogP contribution in [0.3, 0.4) is 0 Å². The van der Waals surface area contributed by atoms with E-state index in [9.17, 15) is 17.2 Å². The van der Waals surface area contributed by atoms with Crippen LogP contribution in [0.2, 0.25) is 0 Å². The van der Waals surface area contributed by atoms with Crippen molar-refractivity contribution in [1.82, 2.24) is 4.72 Å². The molecule has 0 aliphatic carbocycles. The number of nitrogens with two attached hydrogens (primary N) is 1. The summed E-state index contributed by atoms with van der Waals surface area (Å²) < 4.78 is 53.2. The highest BCUT2D eigenvalue weighted by atomic mass is 32.2. The van der Waals surface area contributed by atoms with E-state index >= 15 is 0 Å². The standard InChI is InChI=1S/C12H18F2N2O2S/c1-3-12(4-2,8-15)16-19(17,18)11-7-9(13)5-6-10(11)14/h5-7,16H,3-4,8,15H2,1-2H3. The van der Waals surface area contributed by atoms with Crippen LogP contribution < -0.4 is 10.5 Å². The summed E-state index contributed by atoms with van der Waals surface area (Å²) in [6, 6.07) is 2.31. The maximum atomic E-state index is 13.5. The Balaban J connectivity index is 3.21. The van der Waals surface area contributed by atoms with Crippen molar-refractivity contribution in [1.29, 1.82) is 0 Å². The molecule has 1 aromatic carbocycles. The molecule has 0 fully saturated rings. The van der Waals surface area contributed by atoms with E-state index in [2.05, 4.69) is 4.72 Å². The van der Waals surface area contributed by atoms with Gasteiger partial charge in [-0.3, -0.25) is 0 Å². The van der Waals surface area contributed by atoms with Crippen LogP contribution in [-0.4, -0.2) is 20.5 Å². The van der Waals surface area contributed by atoms with Gasteiger partial charge in [-0.25, -0.2) is 21.9 Å². The minimum Gasteiger partial charge on any atom is -0.329 e. The number of nitrogens with one attached hydrogen (secondary N) is 1. The molecule has 0 saturated carbocycles. The third kappa shape index (κ3) is 3.49. The number of sulfonamides is 1. The Morgan fingerprint density at radius 3 is 2.32 bits per heavy atom. The molecule has 0 unspecified atom stereocenters. The normalized spacial score (nSPS) is 12.7. The highest BCUT2D eigenvalue weighted by molar-refractivity contribution is 7.89. The molecule has 0 aromatic heterocycles. The van der Waals surface area contributed by atoms with Crippen molar-refractivity contribution in [2.45, 2.75) is 37.1 Å². The third-order valence-electron chi connectivity index (χ3n) is 3.28. The lowest BCUT2D eigenvalue weighted by Crippen LogP contribution is -2.52. The van der Waals surface area contributed by atoms with E-state index in [-0.39, 0.29) is 6.54 Å². The van der Waals surface area contributed by atoms with Crippen LogP contribution in [0.25, 0.3) is 0 Å². The van der Waals surface area contributed by atoms with Crippen molar-refractivity contribution in [3.63, 3.8) is 0 Å². The van der Waals surface area contributed by atoms with Gasteiger partial charge in [0, 0.05) is 12.1 Å². The van der Waals surface area contributed by atoms with Gasteiger partial charge in [0.15, 0.2) is 0 Å². The van der Waals surface area contributed by atoms with Gasteiger partial charge in [0.1, 0.15) is 16.5 Å². The summed E-state index contributed by atoms with van der Waals surface area (Å²) in [6.45, 7) is 3.64. The van der Waals surface area contributed by atoms with Crippen molar-refractivity contribution in [3.8, 4) is 0 Å². The molecule has 0 aliphatic rings. The Morgan fingerprint density at radius 2 is 1.84 bits per heavy atom. The Morgan fingerprint density at radius 1 is 1.26 bits per heavy atom. The van der Waals surface area contributed by atoms with Crippen molar-refractivity contribution < 1.29 is 17.2 Å². The molecule has 0 amide bonds. The monoisotopic (exact) mass is 292 g/mol. The largest absolute Gasteiger partial charge is 0.329 e. The van der Waals surface area contributed by atoms with Crippen molar-refractivity contribution in [2.24, 2.45) is 5.73 Å². The Bertz CT molecular complexity index is 534. The molecular weight excluding hydrogens is 274 g/mol. The van der Waals surface area contributed by atoms with E-state index in [0.29, 0.717) is 18.9 Å². The minimum absolute atomic E-state index is 0.0795. The summed E-state index contributed by atoms with van der Waals surface area (Å²) in [5.41, 5.74) is 4.74. The smallest absolute Gasteiger partial charge is 0.244 e. The van der Waals surface area contributed by atoms with E-state index in [0.717, 1.165) is 12.1 Å². The van der Waals surface area contributed by atoms with Crippen LogP contribution in [0.5, 0.6) is 0 Å². The van der Waals surface area contributed by atoms with Gasteiger partial charge >= 0.3 is 0 Å². The van der Waals surface area contributed by atoms with Crippen LogP contribution in [-0.2, 0) is 10.0 Å². The van der Waals surface area contributed by atoms with Crippen LogP contribution in [0.4, 0.5) is 8.78 Å². The highest BCUT2D eigenvalue weighted by Gasteiger charge is 2.32. The number of halogens is 2. The molecule has 4 nitrogen and oxygen atoms in total. The third-order valence-corrected chi connectivity index (χ3v) is 4.87. The predicted molar refractivity (Wildman–Crippen MR) is 69.0 cm³/mol. The average molecular weight is 292 g/mol. The number of rotatable bonds is 6. The Labute approximate surface area is 112 Å². The number of hydrogen-bond donors (Lipinski definition) is 2. The lowest BCUT2D eigenvalue weighted by molar-refractivity contribution is 0.362. The fraction of sp³-hybridized carbons (Fsp3) is 0.500. The summed E-state index contributed by atoms with van der Waals surface area (Å²) in [7, 11) is -4.15. The summed E-state index contributed by atoms with van der Waals surface area (Å²) in [6.07, 6.45) is 0.909. The first-order valence-electron chi connectivity index (χ1n) is 5.99. The zero-order chi connectivity index (χ0) is 14.7. The second-order valence-corrected chi connectivity index (χ2v) is 6.02. The molecule has 0 heterocycles. The average Bonchev–Trinajstić information content (AvgIpc) is 2.39. The lowest BCUT2D eigenvalue weighted by atomic mass is 9.95.